The van der Waals surface area contributed by atoms with Gasteiger partial charge < -0.3 is 5.32 Å². The average molecular weight is 333 g/mol. The van der Waals surface area contributed by atoms with Crippen LogP contribution in [0.25, 0.3) is 17.1 Å². The number of fused-ring (bicyclic) bond motifs is 1. The maximum Gasteiger partial charge on any atom is 0.264 e. The summed E-state index contributed by atoms with van der Waals surface area (Å²) < 4.78 is 0. The van der Waals surface area contributed by atoms with E-state index in [0.717, 1.165) is 16.6 Å². The van der Waals surface area contributed by atoms with Gasteiger partial charge in [-0.2, -0.15) is 0 Å². The van der Waals surface area contributed by atoms with Gasteiger partial charge in [0.05, 0.1) is 27.8 Å². The summed E-state index contributed by atoms with van der Waals surface area (Å²) in [6, 6.07) is 9.32. The molecule has 1 aliphatic heterocycles. The second-order valence-electron chi connectivity index (χ2n) is 4.96. The van der Waals surface area contributed by atoms with Gasteiger partial charge in [0.25, 0.3) is 5.91 Å². The van der Waals surface area contributed by atoms with Crippen molar-refractivity contribution >= 4 is 45.6 Å². The zero-order valence-corrected chi connectivity index (χ0v) is 13.2. The van der Waals surface area contributed by atoms with Crippen LogP contribution in [0.5, 0.6) is 0 Å². The van der Waals surface area contributed by atoms with Gasteiger partial charge >= 0.3 is 0 Å². The zero-order valence-electron chi connectivity index (χ0n) is 12.4. The first-order valence-corrected chi connectivity index (χ1v) is 8.00. The Bertz CT molecular complexity index is 979. The molecule has 1 N–H and O–H groups in total. The maximum absolute atomic E-state index is 12.2. The largest absolute Gasteiger partial charge is 0.300 e. The summed E-state index contributed by atoms with van der Waals surface area (Å²) in [7, 11) is 0. The van der Waals surface area contributed by atoms with Crippen LogP contribution in [-0.2, 0) is 4.79 Å². The summed E-state index contributed by atoms with van der Waals surface area (Å²) in [5, 5.41) is 3.30. The Balaban J connectivity index is 1.68. The molecule has 1 aliphatic rings. The van der Waals surface area contributed by atoms with Crippen LogP contribution < -0.4 is 5.32 Å². The lowest BCUT2D eigenvalue weighted by Crippen LogP contribution is -2.19. The number of amides is 1. The molecule has 0 radical (unpaired) electrons. The highest BCUT2D eigenvalue weighted by atomic mass is 32.2. The summed E-state index contributed by atoms with van der Waals surface area (Å²) >= 11 is 1.29. The second kappa shape index (κ2) is 6.21. The minimum absolute atomic E-state index is 0.177. The third kappa shape index (κ3) is 2.89. The van der Waals surface area contributed by atoms with E-state index in [0.29, 0.717) is 15.8 Å². The topological polar surface area (TPSA) is 80.1 Å². The Kier molecular flexibility index (Phi) is 3.76. The molecule has 0 aliphatic carbocycles. The molecule has 6 nitrogen and oxygen atoms in total. The molecule has 0 saturated carbocycles. The number of rotatable bonds is 2. The van der Waals surface area contributed by atoms with Gasteiger partial charge in [-0.25, -0.2) is 4.99 Å². The number of benzene rings is 1. The van der Waals surface area contributed by atoms with Gasteiger partial charge in [-0.1, -0.05) is 12.1 Å². The highest BCUT2D eigenvalue weighted by Crippen LogP contribution is 2.29. The van der Waals surface area contributed by atoms with E-state index in [4.69, 9.17) is 0 Å². The molecule has 0 atom stereocenters. The fourth-order valence-corrected chi connectivity index (χ4v) is 3.12. The van der Waals surface area contributed by atoms with Gasteiger partial charge in [-0.15, -0.1) is 0 Å². The third-order valence-corrected chi connectivity index (χ3v) is 4.25. The van der Waals surface area contributed by atoms with E-state index in [1.807, 2.05) is 30.3 Å². The summed E-state index contributed by atoms with van der Waals surface area (Å²) in [5.41, 5.74) is 3.09. The highest BCUT2D eigenvalue weighted by molar-refractivity contribution is 8.18. The van der Waals surface area contributed by atoms with Crippen LogP contribution in [0, 0.1) is 0 Å². The number of aliphatic imine (C=N–C) groups is 1. The Morgan fingerprint density at radius 1 is 1.08 bits per heavy atom. The lowest BCUT2D eigenvalue weighted by Gasteiger charge is -2.00. The fourth-order valence-electron chi connectivity index (χ4n) is 2.29. The van der Waals surface area contributed by atoms with E-state index >= 15 is 0 Å². The number of nitrogens with zero attached hydrogens (tertiary/aromatic N) is 4. The predicted molar refractivity (Wildman–Crippen MR) is 94.6 cm³/mol. The number of carbonyl (C=O) groups is 1. The molecule has 1 fully saturated rings. The molecule has 3 heterocycles. The maximum atomic E-state index is 12.2. The lowest BCUT2D eigenvalue weighted by molar-refractivity contribution is -0.115. The van der Waals surface area contributed by atoms with Crippen LogP contribution in [0.2, 0.25) is 0 Å². The van der Waals surface area contributed by atoms with E-state index in [1.54, 1.807) is 30.9 Å². The van der Waals surface area contributed by atoms with Crippen molar-refractivity contribution in [2.75, 3.05) is 0 Å². The van der Waals surface area contributed by atoms with Gasteiger partial charge in [-0.3, -0.25) is 19.7 Å². The van der Waals surface area contributed by atoms with Crippen LogP contribution >= 0.6 is 11.8 Å². The normalized spacial score (nSPS) is 17.6. The minimum atomic E-state index is -0.177. The molecule has 24 heavy (non-hydrogen) atoms. The molecule has 116 valence electrons. The molecule has 0 unspecified atom stereocenters. The van der Waals surface area contributed by atoms with Gasteiger partial charge in [0, 0.05) is 24.2 Å². The van der Waals surface area contributed by atoms with Gasteiger partial charge in [-0.05, 0) is 36.0 Å². The summed E-state index contributed by atoms with van der Waals surface area (Å²) in [6.07, 6.45) is 8.41. The molecule has 0 spiro atoms. The number of hydrogen-bond donors (Lipinski definition) is 1. The van der Waals surface area contributed by atoms with E-state index < -0.39 is 0 Å². The molecule has 1 saturated heterocycles. The van der Waals surface area contributed by atoms with Gasteiger partial charge in [0.15, 0.2) is 5.17 Å². The molecule has 7 heteroatoms. The molecule has 1 aromatic carbocycles. The highest BCUT2D eigenvalue weighted by Gasteiger charge is 2.24. The monoisotopic (exact) mass is 333 g/mol. The molecule has 3 aromatic rings. The SMILES string of the molecule is O=C1NC(=Nc2cccnc2)SC1=Cc1cccc2nccnc12. The molecule has 1 amide bonds. The zero-order chi connectivity index (χ0) is 16.4. The van der Waals surface area contributed by atoms with E-state index in [1.165, 1.54) is 11.8 Å². The van der Waals surface area contributed by atoms with Crippen molar-refractivity contribution in [3.8, 4) is 0 Å². The number of pyridine rings is 1. The Hall–Kier alpha value is -3.06. The average Bonchev–Trinajstić information content (AvgIpc) is 2.95. The molecule has 0 bridgehead atoms. The molecule has 2 aromatic heterocycles. The Labute approximate surface area is 141 Å². The third-order valence-electron chi connectivity index (χ3n) is 3.34. The lowest BCUT2D eigenvalue weighted by atomic mass is 10.1. The first kappa shape index (κ1) is 14.5. The van der Waals surface area contributed by atoms with E-state index in [-0.39, 0.29) is 5.91 Å². The van der Waals surface area contributed by atoms with Crippen molar-refractivity contribution in [2.45, 2.75) is 0 Å². The second-order valence-corrected chi connectivity index (χ2v) is 5.99. The summed E-state index contributed by atoms with van der Waals surface area (Å²) in [6.45, 7) is 0. The van der Waals surface area contributed by atoms with Gasteiger partial charge in [0.2, 0.25) is 0 Å². The number of nitrogens with one attached hydrogen (secondary N) is 1. The molecular weight excluding hydrogens is 322 g/mol. The van der Waals surface area contributed by atoms with Crippen molar-refractivity contribution in [1.82, 2.24) is 20.3 Å². The van der Waals surface area contributed by atoms with Crippen LogP contribution in [0.1, 0.15) is 5.56 Å². The predicted octanol–water partition coefficient (Wildman–Crippen LogP) is 2.92. The molecule has 4 rings (SSSR count). The minimum Gasteiger partial charge on any atom is -0.300 e. The van der Waals surface area contributed by atoms with Crippen LogP contribution in [-0.4, -0.2) is 26.0 Å². The number of hydrogen-bond acceptors (Lipinski definition) is 6. The van der Waals surface area contributed by atoms with Crippen LogP contribution in [0.15, 0.2) is 65.0 Å². The number of para-hydroxylation sites is 1. The first-order valence-electron chi connectivity index (χ1n) is 7.19. The van der Waals surface area contributed by atoms with Gasteiger partial charge in [0.1, 0.15) is 0 Å². The number of carbonyl (C=O) groups excluding carboxylic acids is 1. The van der Waals surface area contributed by atoms with Crippen molar-refractivity contribution in [2.24, 2.45) is 4.99 Å². The van der Waals surface area contributed by atoms with Crippen LogP contribution in [0.3, 0.4) is 0 Å². The van der Waals surface area contributed by atoms with Crippen molar-refractivity contribution < 1.29 is 4.79 Å². The number of thioether (sulfide) groups is 1. The summed E-state index contributed by atoms with van der Waals surface area (Å²) in [5.74, 6) is -0.177. The van der Waals surface area contributed by atoms with E-state index in [2.05, 4.69) is 25.3 Å². The van der Waals surface area contributed by atoms with E-state index in [9.17, 15) is 4.79 Å². The smallest absolute Gasteiger partial charge is 0.264 e. The fraction of sp³-hybridized carbons (Fsp3) is 0. The first-order chi connectivity index (χ1) is 11.8. The quantitative estimate of drug-likeness (QED) is 0.729. The number of aromatic nitrogens is 3. The van der Waals surface area contributed by atoms with Crippen molar-refractivity contribution in [1.29, 1.82) is 0 Å². The molecular formula is C17H11N5OS. The van der Waals surface area contributed by atoms with Crippen LogP contribution in [0.4, 0.5) is 5.69 Å². The van der Waals surface area contributed by atoms with Crippen molar-refractivity contribution in [3.05, 3.63) is 65.6 Å². The van der Waals surface area contributed by atoms with Crippen molar-refractivity contribution in [3.63, 3.8) is 0 Å². The Morgan fingerprint density at radius 2 is 2.00 bits per heavy atom. The Morgan fingerprint density at radius 3 is 2.88 bits per heavy atom. The summed E-state index contributed by atoms with van der Waals surface area (Å²) in [4.78, 5) is 29.8. The number of amidine groups is 1. The standard InChI is InChI=1S/C17H11N5OS/c23-16-14(24-17(22-16)21-12-4-2-6-18-10-12)9-11-3-1-5-13-15(11)20-8-7-19-13/h1-10H,(H,21,22,23).